The molecule has 1 aromatic rings. The molecule has 4 heteroatoms. The van der Waals surface area contributed by atoms with E-state index in [4.69, 9.17) is 5.73 Å². The summed E-state index contributed by atoms with van der Waals surface area (Å²) >= 11 is 0. The minimum Gasteiger partial charge on any atom is -0.323 e. The van der Waals surface area contributed by atoms with Gasteiger partial charge in [-0.3, -0.25) is 0 Å². The van der Waals surface area contributed by atoms with E-state index in [2.05, 4.69) is 0 Å². The van der Waals surface area contributed by atoms with Crippen molar-refractivity contribution >= 4 is 9.84 Å². The fourth-order valence-electron chi connectivity index (χ4n) is 2.90. The van der Waals surface area contributed by atoms with Crippen molar-refractivity contribution in [2.24, 2.45) is 5.73 Å². The summed E-state index contributed by atoms with van der Waals surface area (Å²) in [6.07, 6.45) is 4.84. The zero-order valence-electron chi connectivity index (χ0n) is 12.4. The van der Waals surface area contributed by atoms with Gasteiger partial charge < -0.3 is 5.73 Å². The van der Waals surface area contributed by atoms with Crippen LogP contribution in [0.2, 0.25) is 0 Å². The summed E-state index contributed by atoms with van der Waals surface area (Å²) in [5.41, 5.74) is 9.42. The molecular weight excluding hydrogens is 270 g/mol. The van der Waals surface area contributed by atoms with E-state index in [-0.39, 0.29) is 11.0 Å². The second-order valence-electron chi connectivity index (χ2n) is 6.04. The molecule has 20 heavy (non-hydrogen) atoms. The summed E-state index contributed by atoms with van der Waals surface area (Å²) in [6, 6.07) is 5.55. The van der Waals surface area contributed by atoms with E-state index in [0.717, 1.165) is 43.2 Å². The predicted molar refractivity (Wildman–Crippen MR) is 83.5 cm³/mol. The second-order valence-corrected chi connectivity index (χ2v) is 8.37. The molecule has 0 radical (unpaired) electrons. The number of nitrogens with two attached hydrogens (primary N) is 1. The molecule has 2 N–H and O–H groups in total. The molecular formula is C16H25NO2S. The lowest BCUT2D eigenvalue weighted by atomic mass is 10.0. The van der Waals surface area contributed by atoms with Gasteiger partial charge in [0.2, 0.25) is 0 Å². The Hall–Kier alpha value is -0.870. The number of rotatable bonds is 4. The van der Waals surface area contributed by atoms with E-state index < -0.39 is 15.9 Å². The molecule has 112 valence electrons. The smallest absolute Gasteiger partial charge is 0.155 e. The predicted octanol–water partition coefficient (Wildman–Crippen LogP) is 3.05. The van der Waals surface area contributed by atoms with E-state index >= 15 is 0 Å². The molecule has 0 bridgehead atoms. The van der Waals surface area contributed by atoms with Gasteiger partial charge in [-0.1, -0.05) is 37.5 Å². The monoisotopic (exact) mass is 295 g/mol. The number of benzene rings is 1. The average molecular weight is 295 g/mol. The topological polar surface area (TPSA) is 60.2 Å². The first-order chi connectivity index (χ1) is 9.40. The quantitative estimate of drug-likeness (QED) is 0.928. The molecule has 3 nitrogen and oxygen atoms in total. The van der Waals surface area contributed by atoms with Gasteiger partial charge in [0, 0.05) is 6.04 Å². The van der Waals surface area contributed by atoms with Gasteiger partial charge in [0.05, 0.1) is 11.0 Å². The van der Waals surface area contributed by atoms with E-state index in [9.17, 15) is 8.42 Å². The maximum Gasteiger partial charge on any atom is 0.155 e. The van der Waals surface area contributed by atoms with Crippen molar-refractivity contribution < 1.29 is 8.42 Å². The first-order valence-electron chi connectivity index (χ1n) is 7.44. The van der Waals surface area contributed by atoms with Gasteiger partial charge in [0.25, 0.3) is 0 Å². The van der Waals surface area contributed by atoms with Gasteiger partial charge in [-0.2, -0.15) is 0 Å². The summed E-state index contributed by atoms with van der Waals surface area (Å²) in [5.74, 6) is 0.0696. The molecule has 1 unspecified atom stereocenters. The lowest BCUT2D eigenvalue weighted by Crippen LogP contribution is -2.31. The molecule has 1 fully saturated rings. The highest BCUT2D eigenvalue weighted by Crippen LogP contribution is 2.26. The van der Waals surface area contributed by atoms with Crippen LogP contribution in [0.5, 0.6) is 0 Å². The summed E-state index contributed by atoms with van der Waals surface area (Å²) < 4.78 is 24.9. The Morgan fingerprint density at radius 1 is 1.15 bits per heavy atom. The van der Waals surface area contributed by atoms with E-state index in [1.807, 2.05) is 32.0 Å². The third kappa shape index (κ3) is 3.61. The normalized spacial score (nSPS) is 18.9. The van der Waals surface area contributed by atoms with Crippen molar-refractivity contribution in [1.29, 1.82) is 0 Å². The van der Waals surface area contributed by atoms with Crippen LogP contribution in [0, 0.1) is 13.8 Å². The maximum absolute atomic E-state index is 12.4. The molecule has 0 aliphatic heterocycles. The number of hydrogen-bond acceptors (Lipinski definition) is 3. The Kier molecular flexibility index (Phi) is 4.86. The molecule has 1 aromatic carbocycles. The summed E-state index contributed by atoms with van der Waals surface area (Å²) in [4.78, 5) is 0. The zero-order valence-corrected chi connectivity index (χ0v) is 13.2. The molecule has 0 amide bonds. The van der Waals surface area contributed by atoms with Gasteiger partial charge in [0.1, 0.15) is 0 Å². The first kappa shape index (κ1) is 15.5. The highest BCUT2D eigenvalue weighted by atomic mass is 32.2. The van der Waals surface area contributed by atoms with Crippen molar-refractivity contribution in [3.05, 3.63) is 34.9 Å². The van der Waals surface area contributed by atoms with Crippen molar-refractivity contribution in [1.82, 2.24) is 0 Å². The van der Waals surface area contributed by atoms with Crippen LogP contribution in [0.3, 0.4) is 0 Å². The summed E-state index contributed by atoms with van der Waals surface area (Å²) in [5, 5.41) is -0.172. The Balaban J connectivity index is 2.09. The Morgan fingerprint density at radius 2 is 1.80 bits per heavy atom. The van der Waals surface area contributed by atoms with Crippen molar-refractivity contribution in [2.45, 2.75) is 57.2 Å². The van der Waals surface area contributed by atoms with Crippen LogP contribution >= 0.6 is 0 Å². The van der Waals surface area contributed by atoms with Crippen molar-refractivity contribution in [2.75, 3.05) is 5.75 Å². The molecule has 1 atom stereocenters. The Bertz CT molecular complexity index is 560. The summed E-state index contributed by atoms with van der Waals surface area (Å²) in [6.45, 7) is 4.07. The van der Waals surface area contributed by atoms with Crippen LogP contribution in [-0.2, 0) is 9.84 Å². The minimum atomic E-state index is -3.08. The van der Waals surface area contributed by atoms with Crippen LogP contribution in [-0.4, -0.2) is 19.4 Å². The van der Waals surface area contributed by atoms with Crippen molar-refractivity contribution in [3.63, 3.8) is 0 Å². The zero-order chi connectivity index (χ0) is 14.8. The highest BCUT2D eigenvalue weighted by Gasteiger charge is 2.29. The first-order valence-corrected chi connectivity index (χ1v) is 9.16. The molecule has 0 saturated heterocycles. The van der Waals surface area contributed by atoms with Crippen LogP contribution in [0.15, 0.2) is 18.2 Å². The number of sulfone groups is 1. The van der Waals surface area contributed by atoms with Gasteiger partial charge in [-0.25, -0.2) is 8.42 Å². The van der Waals surface area contributed by atoms with E-state index in [1.54, 1.807) is 0 Å². The third-order valence-corrected chi connectivity index (χ3v) is 6.74. The number of aryl methyl sites for hydroxylation is 2. The van der Waals surface area contributed by atoms with Crippen LogP contribution in [0.25, 0.3) is 0 Å². The summed E-state index contributed by atoms with van der Waals surface area (Å²) in [7, 11) is -3.08. The highest BCUT2D eigenvalue weighted by molar-refractivity contribution is 7.92. The molecule has 1 aliphatic carbocycles. The van der Waals surface area contributed by atoms with Gasteiger partial charge >= 0.3 is 0 Å². The van der Waals surface area contributed by atoms with Crippen molar-refractivity contribution in [3.8, 4) is 0 Å². The molecule has 1 aliphatic rings. The molecule has 1 saturated carbocycles. The largest absolute Gasteiger partial charge is 0.323 e. The second kappa shape index (κ2) is 6.27. The standard InChI is InChI=1S/C16H25NO2S/c1-12-8-9-14(10-13(12)2)16(17)11-20(18,19)15-6-4-3-5-7-15/h8-10,15-16H,3-7,11,17H2,1-2H3. The Morgan fingerprint density at radius 3 is 2.40 bits per heavy atom. The minimum absolute atomic E-state index is 0.0696. The molecule has 2 rings (SSSR count). The fourth-order valence-corrected chi connectivity index (χ4v) is 4.92. The average Bonchev–Trinajstić information content (AvgIpc) is 2.42. The fraction of sp³-hybridized carbons (Fsp3) is 0.625. The Labute approximate surface area is 122 Å². The van der Waals surface area contributed by atoms with Gasteiger partial charge in [-0.05, 0) is 43.4 Å². The van der Waals surface area contributed by atoms with E-state index in [0.29, 0.717) is 0 Å². The SMILES string of the molecule is Cc1ccc(C(N)CS(=O)(=O)C2CCCCC2)cc1C. The lowest BCUT2D eigenvalue weighted by molar-refractivity contribution is 0.481. The lowest BCUT2D eigenvalue weighted by Gasteiger charge is -2.23. The van der Waals surface area contributed by atoms with E-state index in [1.165, 1.54) is 5.56 Å². The number of hydrogen-bond donors (Lipinski definition) is 1. The van der Waals surface area contributed by atoms with Crippen LogP contribution in [0.1, 0.15) is 54.8 Å². The van der Waals surface area contributed by atoms with Gasteiger partial charge in [-0.15, -0.1) is 0 Å². The molecule has 0 aromatic heterocycles. The molecule has 0 spiro atoms. The third-order valence-electron chi connectivity index (χ3n) is 4.43. The van der Waals surface area contributed by atoms with Crippen LogP contribution in [0.4, 0.5) is 0 Å². The van der Waals surface area contributed by atoms with Gasteiger partial charge in [0.15, 0.2) is 9.84 Å². The van der Waals surface area contributed by atoms with Crippen LogP contribution < -0.4 is 5.73 Å². The molecule has 0 heterocycles. The maximum atomic E-state index is 12.4.